The summed E-state index contributed by atoms with van der Waals surface area (Å²) in [6, 6.07) is 14.5. The van der Waals surface area contributed by atoms with Gasteiger partial charge in [0.1, 0.15) is 0 Å². The zero-order valence-electron chi connectivity index (χ0n) is 16.3. The summed E-state index contributed by atoms with van der Waals surface area (Å²) in [4.78, 5) is 2.60. The van der Waals surface area contributed by atoms with Gasteiger partial charge in [0.05, 0.1) is 10.6 Å². The van der Waals surface area contributed by atoms with Crippen LogP contribution < -0.4 is 4.31 Å². The molecule has 0 aliphatic carbocycles. The Labute approximate surface area is 166 Å². The van der Waals surface area contributed by atoms with Gasteiger partial charge in [-0.1, -0.05) is 24.3 Å². The van der Waals surface area contributed by atoms with E-state index in [1.54, 1.807) is 31.3 Å². The number of allylic oxidation sites excluding steroid dienone is 1. The molecule has 1 aliphatic rings. The number of likely N-dealkylation sites (N-methyl/N-ethyl adjacent to an activating group) is 1. The summed E-state index contributed by atoms with van der Waals surface area (Å²) in [6.45, 7) is 6.55. The van der Waals surface area contributed by atoms with E-state index < -0.39 is 10.0 Å². The predicted molar refractivity (Wildman–Crippen MR) is 114 cm³/mol. The van der Waals surface area contributed by atoms with Crippen LogP contribution in [0.4, 0.5) is 5.69 Å². The first-order valence-corrected chi connectivity index (χ1v) is 10.8. The van der Waals surface area contributed by atoms with Crippen molar-refractivity contribution in [2.24, 2.45) is 0 Å². The molecule has 0 saturated heterocycles. The molecule has 146 valence electrons. The van der Waals surface area contributed by atoms with Gasteiger partial charge in [-0.2, -0.15) is 0 Å². The molecule has 0 spiro atoms. The number of nitrogens with zero attached hydrogens (tertiary/aromatic N) is 3. The van der Waals surface area contributed by atoms with Crippen LogP contribution in [0.1, 0.15) is 11.3 Å². The standard InChI is InChI=1S/C22H25N3O2S/c1-4-13-25-21-11-10-17(15-19(21)20-16-23(2)14-12-22(20)25)24(3)28(26,27)18-8-6-5-7-9-18/h4-11,15H,1,12-14,16H2,2-3H3. The van der Waals surface area contributed by atoms with Gasteiger partial charge in [0.25, 0.3) is 10.0 Å². The minimum atomic E-state index is -3.60. The molecule has 0 fully saturated rings. The molecule has 6 heteroatoms. The van der Waals surface area contributed by atoms with Crippen molar-refractivity contribution >= 4 is 26.6 Å². The smallest absolute Gasteiger partial charge is 0.264 e. The summed E-state index contributed by atoms with van der Waals surface area (Å²) in [5.41, 5.74) is 4.43. The fraction of sp³-hybridized carbons (Fsp3) is 0.273. The maximum Gasteiger partial charge on any atom is 0.264 e. The topological polar surface area (TPSA) is 45.6 Å². The van der Waals surface area contributed by atoms with E-state index >= 15 is 0 Å². The van der Waals surface area contributed by atoms with Crippen LogP contribution in [0.15, 0.2) is 66.1 Å². The molecule has 4 rings (SSSR count). The fourth-order valence-corrected chi connectivity index (χ4v) is 5.20. The highest BCUT2D eigenvalue weighted by Crippen LogP contribution is 2.34. The lowest BCUT2D eigenvalue weighted by Gasteiger charge is -2.24. The minimum absolute atomic E-state index is 0.295. The summed E-state index contributed by atoms with van der Waals surface area (Å²) in [7, 11) is 0.138. The van der Waals surface area contributed by atoms with Crippen molar-refractivity contribution in [1.82, 2.24) is 9.47 Å². The third-order valence-corrected chi connectivity index (χ3v) is 7.31. The van der Waals surface area contributed by atoms with Crippen LogP contribution >= 0.6 is 0 Å². The minimum Gasteiger partial charge on any atom is -0.340 e. The molecule has 5 nitrogen and oxygen atoms in total. The van der Waals surface area contributed by atoms with Gasteiger partial charge in [-0.15, -0.1) is 6.58 Å². The number of hydrogen-bond acceptors (Lipinski definition) is 3. The molecule has 0 saturated carbocycles. The second kappa shape index (κ2) is 7.11. The van der Waals surface area contributed by atoms with Crippen LogP contribution in [0.5, 0.6) is 0 Å². The Hall–Kier alpha value is -2.57. The lowest BCUT2D eigenvalue weighted by molar-refractivity contribution is 0.310. The summed E-state index contributed by atoms with van der Waals surface area (Å²) in [5.74, 6) is 0. The Morgan fingerprint density at radius 3 is 2.64 bits per heavy atom. The largest absolute Gasteiger partial charge is 0.340 e. The van der Waals surface area contributed by atoms with Crippen LogP contribution in [0, 0.1) is 0 Å². The number of benzene rings is 2. The molecule has 0 atom stereocenters. The Morgan fingerprint density at radius 2 is 1.93 bits per heavy atom. The third-order valence-electron chi connectivity index (χ3n) is 5.51. The molecule has 0 N–H and O–H groups in total. The average molecular weight is 396 g/mol. The maximum absolute atomic E-state index is 13.0. The molecule has 0 radical (unpaired) electrons. The first-order chi connectivity index (χ1) is 13.4. The van der Waals surface area contributed by atoms with Gasteiger partial charge in [-0.05, 0) is 42.9 Å². The van der Waals surface area contributed by atoms with Crippen LogP contribution in [0.2, 0.25) is 0 Å². The normalized spacial score (nSPS) is 14.8. The summed E-state index contributed by atoms with van der Waals surface area (Å²) in [5, 5.41) is 1.12. The summed E-state index contributed by atoms with van der Waals surface area (Å²) < 4.78 is 29.7. The van der Waals surface area contributed by atoms with Crippen molar-refractivity contribution in [2.75, 3.05) is 24.9 Å². The van der Waals surface area contributed by atoms with Gasteiger partial charge >= 0.3 is 0 Å². The highest BCUT2D eigenvalue weighted by atomic mass is 32.2. The molecule has 2 aromatic carbocycles. The molecule has 0 amide bonds. The molecular weight excluding hydrogens is 370 g/mol. The maximum atomic E-state index is 13.0. The van der Waals surface area contributed by atoms with E-state index in [-0.39, 0.29) is 0 Å². The molecule has 0 unspecified atom stereocenters. The summed E-state index contributed by atoms with van der Waals surface area (Å²) in [6.07, 6.45) is 2.90. The van der Waals surface area contributed by atoms with E-state index in [0.717, 1.165) is 37.0 Å². The highest BCUT2D eigenvalue weighted by Gasteiger charge is 2.25. The van der Waals surface area contributed by atoms with E-state index in [4.69, 9.17) is 0 Å². The lowest BCUT2D eigenvalue weighted by atomic mass is 10.0. The fourth-order valence-electron chi connectivity index (χ4n) is 4.00. The van der Waals surface area contributed by atoms with Crippen LogP contribution in [0.3, 0.4) is 0 Å². The van der Waals surface area contributed by atoms with Crippen LogP contribution in [-0.4, -0.2) is 38.5 Å². The Kier molecular flexibility index (Phi) is 4.77. The van der Waals surface area contributed by atoms with Gasteiger partial charge < -0.3 is 9.47 Å². The first-order valence-electron chi connectivity index (χ1n) is 9.41. The van der Waals surface area contributed by atoms with Gasteiger partial charge in [0.2, 0.25) is 0 Å². The molecule has 0 bridgehead atoms. The van der Waals surface area contributed by atoms with Crippen molar-refractivity contribution < 1.29 is 8.42 Å². The van der Waals surface area contributed by atoms with Crippen LogP contribution in [0.25, 0.3) is 10.9 Å². The van der Waals surface area contributed by atoms with E-state index in [0.29, 0.717) is 10.6 Å². The third kappa shape index (κ3) is 3.02. The van der Waals surface area contributed by atoms with Crippen LogP contribution in [-0.2, 0) is 29.5 Å². The Bertz CT molecular complexity index is 1130. The molecule has 3 aromatic rings. The molecule has 1 aromatic heterocycles. The van der Waals surface area contributed by atoms with Gasteiger partial charge in [0.15, 0.2) is 0 Å². The number of rotatable bonds is 5. The quantitative estimate of drug-likeness (QED) is 0.620. The number of anilines is 1. The van der Waals surface area contributed by atoms with Gasteiger partial charge in [0, 0.05) is 49.7 Å². The number of hydrogen-bond donors (Lipinski definition) is 0. The van der Waals surface area contributed by atoms with Crippen molar-refractivity contribution in [3.8, 4) is 0 Å². The van der Waals surface area contributed by atoms with Crippen molar-refractivity contribution in [3.05, 3.63) is 72.4 Å². The Morgan fingerprint density at radius 1 is 1.18 bits per heavy atom. The van der Waals surface area contributed by atoms with E-state index in [9.17, 15) is 8.42 Å². The predicted octanol–water partition coefficient (Wildman–Crippen LogP) is 3.64. The molecular formula is C22H25N3O2S. The second-order valence-corrected chi connectivity index (χ2v) is 9.27. The molecule has 1 aliphatic heterocycles. The average Bonchev–Trinajstić information content (AvgIpc) is 3.01. The highest BCUT2D eigenvalue weighted by molar-refractivity contribution is 7.92. The van der Waals surface area contributed by atoms with Crippen molar-refractivity contribution in [1.29, 1.82) is 0 Å². The van der Waals surface area contributed by atoms with E-state index in [2.05, 4.69) is 23.1 Å². The van der Waals surface area contributed by atoms with Gasteiger partial charge in [-0.3, -0.25) is 4.31 Å². The summed E-state index contributed by atoms with van der Waals surface area (Å²) >= 11 is 0. The van der Waals surface area contributed by atoms with Gasteiger partial charge in [-0.25, -0.2) is 8.42 Å². The van der Waals surface area contributed by atoms with E-state index in [1.165, 1.54) is 15.6 Å². The zero-order valence-corrected chi connectivity index (χ0v) is 17.1. The van der Waals surface area contributed by atoms with Crippen molar-refractivity contribution in [3.63, 3.8) is 0 Å². The molecule has 2 heterocycles. The monoisotopic (exact) mass is 395 g/mol. The van der Waals surface area contributed by atoms with E-state index in [1.807, 2.05) is 30.3 Å². The number of aromatic nitrogens is 1. The van der Waals surface area contributed by atoms with Crippen molar-refractivity contribution in [2.45, 2.75) is 24.4 Å². The number of sulfonamides is 1. The number of fused-ring (bicyclic) bond motifs is 3. The zero-order chi connectivity index (χ0) is 19.9. The lowest BCUT2D eigenvalue weighted by Crippen LogP contribution is -2.27. The second-order valence-electron chi connectivity index (χ2n) is 7.30. The Balaban J connectivity index is 1.84. The molecule has 28 heavy (non-hydrogen) atoms. The first kappa shape index (κ1) is 18.8. The SMILES string of the molecule is C=CCn1c2c(c3cc(N(C)S(=O)(=O)c4ccccc4)ccc31)CN(C)CC2.